The number of benzene rings is 2. The molecule has 4 aliphatic heterocycles. The number of nitrogens with one attached hydrogen (secondary N) is 1. The van der Waals surface area contributed by atoms with E-state index in [1.165, 1.54) is 18.2 Å². The van der Waals surface area contributed by atoms with Crippen LogP contribution in [0, 0.1) is 5.92 Å². The molecule has 2 aromatic carbocycles. The first kappa shape index (κ1) is 22.8. The molecule has 4 heterocycles. The molecule has 1 unspecified atom stereocenters. The summed E-state index contributed by atoms with van der Waals surface area (Å²) in [5.41, 5.74) is 1.37. The number of alkyl carbamates (subject to hydrolysis) is 1. The van der Waals surface area contributed by atoms with Crippen molar-refractivity contribution in [2.75, 3.05) is 26.2 Å². The van der Waals surface area contributed by atoms with E-state index in [-0.39, 0.29) is 11.9 Å². The van der Waals surface area contributed by atoms with Crippen LogP contribution in [0.3, 0.4) is 0 Å². The third kappa shape index (κ3) is 4.80. The summed E-state index contributed by atoms with van der Waals surface area (Å²) in [5, 5.41) is 3.05. The minimum atomic E-state index is -4.76. The average molecular weight is 476 g/mol. The molecule has 6 nitrogen and oxygen atoms in total. The van der Waals surface area contributed by atoms with Crippen LogP contribution in [0.5, 0.6) is 11.5 Å². The van der Waals surface area contributed by atoms with Crippen LogP contribution in [0.1, 0.15) is 31.7 Å². The van der Waals surface area contributed by atoms with Gasteiger partial charge in [-0.25, -0.2) is 4.79 Å². The van der Waals surface area contributed by atoms with Gasteiger partial charge < -0.3 is 19.5 Å². The molecule has 1 amide bonds. The van der Waals surface area contributed by atoms with E-state index in [9.17, 15) is 18.0 Å². The fourth-order valence-electron chi connectivity index (χ4n) is 5.22. The zero-order chi connectivity index (χ0) is 23.9. The molecule has 0 spiro atoms. The number of ether oxygens (including phenoxy) is 3. The maximum atomic E-state index is 12.8. The van der Waals surface area contributed by atoms with Gasteiger partial charge >= 0.3 is 12.5 Å². The Bertz CT molecular complexity index is 1070. The summed E-state index contributed by atoms with van der Waals surface area (Å²) >= 11 is 0. The second kappa shape index (κ2) is 8.69. The Balaban J connectivity index is 1.32. The lowest BCUT2D eigenvalue weighted by Gasteiger charge is -2.44. The van der Waals surface area contributed by atoms with Crippen LogP contribution in [0.4, 0.5) is 18.0 Å². The molecule has 6 rings (SSSR count). The molecule has 34 heavy (non-hydrogen) atoms. The highest BCUT2D eigenvalue weighted by Crippen LogP contribution is 2.40. The molecule has 3 saturated heterocycles. The summed E-state index contributed by atoms with van der Waals surface area (Å²) in [6.45, 7) is 5.26. The number of alkyl halides is 3. The van der Waals surface area contributed by atoms with Gasteiger partial charge in [0.2, 0.25) is 0 Å². The second-order valence-corrected chi connectivity index (χ2v) is 9.42. The van der Waals surface area contributed by atoms with Crippen LogP contribution in [0.15, 0.2) is 42.5 Å². The van der Waals surface area contributed by atoms with E-state index in [0.717, 1.165) is 38.0 Å². The highest BCUT2D eigenvalue weighted by Gasteiger charge is 2.39. The fraction of sp³-hybridized carbons (Fsp3) is 0.480. The lowest BCUT2D eigenvalue weighted by molar-refractivity contribution is -0.274. The van der Waals surface area contributed by atoms with Crippen LogP contribution in [0.2, 0.25) is 0 Å². The predicted octanol–water partition coefficient (Wildman–Crippen LogP) is 5.07. The van der Waals surface area contributed by atoms with Crippen molar-refractivity contribution < 1.29 is 32.2 Å². The van der Waals surface area contributed by atoms with E-state index < -0.39 is 18.0 Å². The largest absolute Gasteiger partial charge is 0.573 e. The van der Waals surface area contributed by atoms with Gasteiger partial charge in [0.05, 0.1) is 12.1 Å². The quantitative estimate of drug-likeness (QED) is 0.668. The summed E-state index contributed by atoms with van der Waals surface area (Å²) in [5.74, 6) is 0.715. The monoisotopic (exact) mass is 476 g/mol. The van der Waals surface area contributed by atoms with Gasteiger partial charge in [-0.15, -0.1) is 13.2 Å². The molecular formula is C25H27F3N2O4. The summed E-state index contributed by atoms with van der Waals surface area (Å²) in [4.78, 5) is 15.1. The summed E-state index contributed by atoms with van der Waals surface area (Å²) in [6.07, 6.45) is -2.58. The second-order valence-electron chi connectivity index (χ2n) is 9.42. The topological polar surface area (TPSA) is 60.0 Å². The van der Waals surface area contributed by atoms with Crippen molar-refractivity contribution in [2.45, 2.75) is 44.2 Å². The number of carbonyl (C=O) groups excluding carboxylic acids is 1. The van der Waals surface area contributed by atoms with Crippen molar-refractivity contribution in [1.29, 1.82) is 0 Å². The SMILES string of the molecule is CC1(NC(=O)O[C@H]2CN3CCC2CC3)CCOc2cc(-c3cccc(OC(F)(F)F)c3)ccc21. The first-order valence-corrected chi connectivity index (χ1v) is 11.5. The van der Waals surface area contributed by atoms with Crippen molar-refractivity contribution in [3.63, 3.8) is 0 Å². The molecule has 0 aliphatic carbocycles. The van der Waals surface area contributed by atoms with Crippen LogP contribution in [-0.2, 0) is 10.3 Å². The van der Waals surface area contributed by atoms with Crippen molar-refractivity contribution in [2.24, 2.45) is 5.92 Å². The number of halogens is 3. The minimum Gasteiger partial charge on any atom is -0.493 e. The van der Waals surface area contributed by atoms with Crippen molar-refractivity contribution >= 4 is 6.09 Å². The molecule has 3 fully saturated rings. The number of amides is 1. The molecule has 1 N–H and O–H groups in total. The van der Waals surface area contributed by atoms with Gasteiger partial charge in [-0.3, -0.25) is 4.90 Å². The lowest BCUT2D eigenvalue weighted by atomic mass is 9.85. The van der Waals surface area contributed by atoms with E-state index in [4.69, 9.17) is 9.47 Å². The summed E-state index contributed by atoms with van der Waals surface area (Å²) in [6, 6.07) is 11.2. The molecule has 0 aromatic heterocycles. The number of nitrogens with zero attached hydrogens (tertiary/aromatic N) is 1. The van der Waals surface area contributed by atoms with Crippen LogP contribution < -0.4 is 14.8 Å². The van der Waals surface area contributed by atoms with Crippen LogP contribution >= 0.6 is 0 Å². The molecule has 0 radical (unpaired) electrons. The first-order chi connectivity index (χ1) is 16.2. The number of hydrogen-bond donors (Lipinski definition) is 1. The van der Waals surface area contributed by atoms with Crippen molar-refractivity contribution in [3.8, 4) is 22.6 Å². The van der Waals surface area contributed by atoms with Gasteiger partial charge in [0, 0.05) is 18.5 Å². The Hall–Kier alpha value is -2.94. The van der Waals surface area contributed by atoms with E-state index in [1.54, 1.807) is 18.2 Å². The van der Waals surface area contributed by atoms with Gasteiger partial charge in [0.25, 0.3) is 0 Å². The number of carbonyl (C=O) groups is 1. The number of rotatable bonds is 4. The molecule has 182 valence electrons. The van der Waals surface area contributed by atoms with Gasteiger partial charge in [-0.2, -0.15) is 0 Å². The maximum absolute atomic E-state index is 12.8. The number of piperidine rings is 3. The maximum Gasteiger partial charge on any atom is 0.573 e. The van der Waals surface area contributed by atoms with Crippen molar-refractivity contribution in [3.05, 3.63) is 48.0 Å². The highest BCUT2D eigenvalue weighted by molar-refractivity contribution is 5.71. The molecule has 2 bridgehead atoms. The molecule has 4 aliphatic rings. The Kier molecular flexibility index (Phi) is 5.83. The minimum absolute atomic E-state index is 0.0843. The average Bonchev–Trinajstić information content (AvgIpc) is 2.78. The lowest BCUT2D eigenvalue weighted by Crippen LogP contribution is -2.54. The number of hydrogen-bond acceptors (Lipinski definition) is 5. The molecule has 2 atom stereocenters. The van der Waals surface area contributed by atoms with Crippen molar-refractivity contribution in [1.82, 2.24) is 10.2 Å². The van der Waals surface area contributed by atoms with Crippen LogP contribution in [0.25, 0.3) is 11.1 Å². The van der Waals surface area contributed by atoms with E-state index in [0.29, 0.717) is 35.8 Å². The summed E-state index contributed by atoms with van der Waals surface area (Å²) in [7, 11) is 0. The van der Waals surface area contributed by atoms with E-state index in [1.807, 2.05) is 13.0 Å². The zero-order valence-electron chi connectivity index (χ0n) is 18.9. The number of fused-ring (bicyclic) bond motifs is 4. The third-order valence-corrected chi connectivity index (χ3v) is 7.07. The van der Waals surface area contributed by atoms with Gasteiger partial charge in [0.15, 0.2) is 0 Å². The normalized spacial score (nSPS) is 27.9. The summed E-state index contributed by atoms with van der Waals surface area (Å²) < 4.78 is 53.5. The van der Waals surface area contributed by atoms with Crippen LogP contribution in [-0.4, -0.2) is 49.7 Å². The third-order valence-electron chi connectivity index (χ3n) is 7.07. The molecule has 2 aromatic rings. The Morgan fingerprint density at radius 3 is 2.62 bits per heavy atom. The highest BCUT2D eigenvalue weighted by atomic mass is 19.4. The first-order valence-electron chi connectivity index (χ1n) is 11.5. The van der Waals surface area contributed by atoms with E-state index in [2.05, 4.69) is 15.0 Å². The smallest absolute Gasteiger partial charge is 0.493 e. The molecule has 9 heteroatoms. The van der Waals surface area contributed by atoms with Gasteiger partial charge in [0.1, 0.15) is 17.6 Å². The molecular weight excluding hydrogens is 449 g/mol. The predicted molar refractivity (Wildman–Crippen MR) is 119 cm³/mol. The Morgan fingerprint density at radius 1 is 1.15 bits per heavy atom. The van der Waals surface area contributed by atoms with E-state index >= 15 is 0 Å². The zero-order valence-corrected chi connectivity index (χ0v) is 18.9. The fourth-order valence-corrected chi connectivity index (χ4v) is 5.22. The van der Waals surface area contributed by atoms with Gasteiger partial charge in [-0.1, -0.05) is 24.3 Å². The van der Waals surface area contributed by atoms with Gasteiger partial charge in [-0.05, 0) is 68.1 Å². The Morgan fingerprint density at radius 2 is 1.91 bits per heavy atom. The Labute approximate surface area is 196 Å². The molecule has 0 saturated carbocycles. The standard InChI is InChI=1S/C25H27F3N2O4/c1-24(29-23(31)33-22-15-30-10-7-16(22)8-11-30)9-12-32-21-14-18(5-6-20(21)24)17-3-2-4-19(13-17)34-25(26,27)28/h2-6,13-14,16,22H,7-12,15H2,1H3,(H,29,31)/t22-,24?/m0/s1.